The molecular formula is C23H20FN3OS. The van der Waals surface area contributed by atoms with Gasteiger partial charge in [-0.1, -0.05) is 84.6 Å². The zero-order chi connectivity index (χ0) is 20.1. The summed E-state index contributed by atoms with van der Waals surface area (Å²) in [4.78, 5) is 0. The summed E-state index contributed by atoms with van der Waals surface area (Å²) in [7, 11) is 0. The summed E-state index contributed by atoms with van der Waals surface area (Å²) >= 11 is 1.41. The van der Waals surface area contributed by atoms with Gasteiger partial charge in [0.25, 0.3) is 0 Å². The Morgan fingerprint density at radius 2 is 1.52 bits per heavy atom. The van der Waals surface area contributed by atoms with E-state index >= 15 is 0 Å². The Morgan fingerprint density at radius 1 is 0.862 bits per heavy atom. The molecule has 4 rings (SSSR count). The Labute approximate surface area is 173 Å². The quantitative estimate of drug-likeness (QED) is 0.442. The molecule has 0 aliphatic rings. The van der Waals surface area contributed by atoms with Crippen molar-refractivity contribution >= 4 is 11.8 Å². The predicted octanol–water partition coefficient (Wildman–Crippen LogP) is 4.96. The molecule has 0 saturated carbocycles. The molecule has 1 unspecified atom stereocenters. The van der Waals surface area contributed by atoms with E-state index in [2.05, 4.69) is 10.2 Å². The highest BCUT2D eigenvalue weighted by Crippen LogP contribution is 2.29. The summed E-state index contributed by atoms with van der Waals surface area (Å²) in [5, 5.41) is 19.7. The molecular weight excluding hydrogens is 385 g/mol. The van der Waals surface area contributed by atoms with Crippen molar-refractivity contribution in [2.75, 3.05) is 5.75 Å². The number of aromatic nitrogens is 3. The normalized spacial score (nSPS) is 12.1. The van der Waals surface area contributed by atoms with Gasteiger partial charge in [-0.2, -0.15) is 0 Å². The summed E-state index contributed by atoms with van der Waals surface area (Å²) < 4.78 is 16.3. The van der Waals surface area contributed by atoms with Crippen LogP contribution in [0.15, 0.2) is 90.1 Å². The average Bonchev–Trinajstić information content (AvgIpc) is 3.16. The first kappa shape index (κ1) is 19.4. The van der Waals surface area contributed by atoms with E-state index < -0.39 is 6.10 Å². The van der Waals surface area contributed by atoms with Gasteiger partial charge in [0.05, 0.1) is 18.2 Å². The number of nitrogens with zero attached hydrogens (tertiary/aromatic N) is 3. The Balaban J connectivity index is 1.64. The Morgan fingerprint density at radius 3 is 2.24 bits per heavy atom. The van der Waals surface area contributed by atoms with E-state index in [4.69, 9.17) is 0 Å². The second-order valence-corrected chi connectivity index (χ2v) is 7.58. The fraction of sp³-hybridized carbons (Fsp3) is 0.130. The average molecular weight is 405 g/mol. The number of aliphatic hydroxyl groups excluding tert-OH is 1. The minimum Gasteiger partial charge on any atom is -0.388 e. The second-order valence-electron chi connectivity index (χ2n) is 6.60. The van der Waals surface area contributed by atoms with E-state index in [9.17, 15) is 9.50 Å². The van der Waals surface area contributed by atoms with E-state index in [1.54, 1.807) is 18.2 Å². The molecule has 1 atom stereocenters. The van der Waals surface area contributed by atoms with E-state index in [1.807, 2.05) is 65.2 Å². The molecule has 146 valence electrons. The molecule has 1 N–H and O–H groups in total. The number of hydrogen-bond acceptors (Lipinski definition) is 4. The van der Waals surface area contributed by atoms with E-state index in [0.717, 1.165) is 11.1 Å². The summed E-state index contributed by atoms with van der Waals surface area (Å²) in [6.45, 7) is 0.515. The van der Waals surface area contributed by atoms with Gasteiger partial charge >= 0.3 is 0 Å². The molecule has 4 nitrogen and oxygen atoms in total. The molecule has 0 aliphatic heterocycles. The van der Waals surface area contributed by atoms with Crippen molar-refractivity contribution in [3.8, 4) is 11.4 Å². The fourth-order valence-electron chi connectivity index (χ4n) is 3.07. The monoisotopic (exact) mass is 405 g/mol. The third-order valence-corrected chi connectivity index (χ3v) is 5.61. The molecule has 1 heterocycles. The highest BCUT2D eigenvalue weighted by molar-refractivity contribution is 7.99. The maximum Gasteiger partial charge on any atom is 0.191 e. The second kappa shape index (κ2) is 9.03. The number of benzene rings is 3. The first-order chi connectivity index (χ1) is 14.2. The van der Waals surface area contributed by atoms with Crippen molar-refractivity contribution in [2.45, 2.75) is 17.8 Å². The molecule has 1 aromatic heterocycles. The Hall–Kier alpha value is -2.96. The zero-order valence-electron chi connectivity index (χ0n) is 15.6. The van der Waals surface area contributed by atoms with Crippen LogP contribution in [0.5, 0.6) is 0 Å². The van der Waals surface area contributed by atoms with Gasteiger partial charge in [-0.25, -0.2) is 4.39 Å². The predicted molar refractivity (Wildman–Crippen MR) is 113 cm³/mol. The van der Waals surface area contributed by atoms with Crippen LogP contribution in [0.4, 0.5) is 4.39 Å². The third-order valence-electron chi connectivity index (χ3n) is 4.57. The van der Waals surface area contributed by atoms with Gasteiger partial charge in [0.15, 0.2) is 11.0 Å². The van der Waals surface area contributed by atoms with Crippen molar-refractivity contribution in [3.63, 3.8) is 0 Å². The van der Waals surface area contributed by atoms with Crippen molar-refractivity contribution < 1.29 is 9.50 Å². The van der Waals surface area contributed by atoms with Crippen LogP contribution in [0.25, 0.3) is 11.4 Å². The molecule has 6 heteroatoms. The maximum absolute atomic E-state index is 14.4. The van der Waals surface area contributed by atoms with E-state index in [-0.39, 0.29) is 5.82 Å². The van der Waals surface area contributed by atoms with Gasteiger partial charge in [0.2, 0.25) is 0 Å². The lowest BCUT2D eigenvalue weighted by Crippen LogP contribution is -2.06. The molecule has 0 aliphatic carbocycles. The van der Waals surface area contributed by atoms with Crippen molar-refractivity contribution in [3.05, 3.63) is 102 Å². The van der Waals surface area contributed by atoms with Gasteiger partial charge in [-0.05, 0) is 23.3 Å². The maximum atomic E-state index is 14.4. The number of halogens is 1. The number of hydrogen-bond donors (Lipinski definition) is 1. The van der Waals surface area contributed by atoms with E-state index in [0.29, 0.717) is 28.8 Å². The first-order valence-electron chi connectivity index (χ1n) is 9.30. The fourth-order valence-corrected chi connectivity index (χ4v) is 3.98. The van der Waals surface area contributed by atoms with Gasteiger partial charge < -0.3 is 5.11 Å². The molecule has 0 bridgehead atoms. The zero-order valence-corrected chi connectivity index (χ0v) is 16.5. The minimum absolute atomic E-state index is 0.338. The number of aliphatic hydroxyl groups is 1. The van der Waals surface area contributed by atoms with Crippen LogP contribution in [0, 0.1) is 5.82 Å². The van der Waals surface area contributed by atoms with Crippen LogP contribution < -0.4 is 0 Å². The minimum atomic E-state index is -0.625. The van der Waals surface area contributed by atoms with Crippen molar-refractivity contribution in [1.29, 1.82) is 0 Å². The molecule has 29 heavy (non-hydrogen) atoms. The molecule has 0 spiro atoms. The van der Waals surface area contributed by atoms with Gasteiger partial charge in [-0.3, -0.25) is 4.57 Å². The summed E-state index contributed by atoms with van der Waals surface area (Å²) in [5.74, 6) is 0.563. The topological polar surface area (TPSA) is 50.9 Å². The van der Waals surface area contributed by atoms with Crippen LogP contribution in [-0.4, -0.2) is 25.6 Å². The van der Waals surface area contributed by atoms with Crippen LogP contribution >= 0.6 is 11.8 Å². The number of rotatable bonds is 7. The first-order valence-corrected chi connectivity index (χ1v) is 10.3. The molecule has 0 amide bonds. The van der Waals surface area contributed by atoms with E-state index in [1.165, 1.54) is 17.8 Å². The molecule has 0 radical (unpaired) electrons. The largest absolute Gasteiger partial charge is 0.388 e. The van der Waals surface area contributed by atoms with Crippen LogP contribution in [0.2, 0.25) is 0 Å². The van der Waals surface area contributed by atoms with Crippen LogP contribution in [0.1, 0.15) is 17.2 Å². The highest BCUT2D eigenvalue weighted by atomic mass is 32.2. The van der Waals surface area contributed by atoms with Crippen molar-refractivity contribution in [1.82, 2.24) is 14.8 Å². The molecule has 0 fully saturated rings. The standard InChI is InChI=1S/C23H20FN3OS/c24-20-14-8-7-13-19(20)22-25-26-23(27(22)15-17-9-3-1-4-10-17)29-16-21(28)18-11-5-2-6-12-18/h1-14,21,28H,15-16H2. The summed E-state index contributed by atoms with van der Waals surface area (Å²) in [6, 6.07) is 26.0. The highest BCUT2D eigenvalue weighted by Gasteiger charge is 2.19. The molecule has 4 aromatic rings. The lowest BCUT2D eigenvalue weighted by molar-refractivity contribution is 0.204. The molecule has 0 saturated heterocycles. The Kier molecular flexibility index (Phi) is 6.03. The van der Waals surface area contributed by atoms with Gasteiger partial charge in [0.1, 0.15) is 5.82 Å². The Bertz CT molecular complexity index is 1070. The van der Waals surface area contributed by atoms with Crippen molar-refractivity contribution in [2.24, 2.45) is 0 Å². The number of thioether (sulfide) groups is 1. The SMILES string of the molecule is OC(CSc1nnc(-c2ccccc2F)n1Cc1ccccc1)c1ccccc1. The molecule has 3 aromatic carbocycles. The summed E-state index contributed by atoms with van der Waals surface area (Å²) in [6.07, 6.45) is -0.625. The third kappa shape index (κ3) is 4.55. The summed E-state index contributed by atoms with van der Waals surface area (Å²) in [5.41, 5.74) is 2.32. The van der Waals surface area contributed by atoms with Crippen LogP contribution in [-0.2, 0) is 6.54 Å². The smallest absolute Gasteiger partial charge is 0.191 e. The lowest BCUT2D eigenvalue weighted by atomic mass is 10.1. The lowest BCUT2D eigenvalue weighted by Gasteiger charge is -2.13. The van der Waals surface area contributed by atoms with Crippen LogP contribution in [0.3, 0.4) is 0 Å². The van der Waals surface area contributed by atoms with Gasteiger partial charge in [-0.15, -0.1) is 10.2 Å². The van der Waals surface area contributed by atoms with Gasteiger partial charge in [0, 0.05) is 5.75 Å².